The van der Waals surface area contributed by atoms with E-state index in [1.807, 2.05) is 9.80 Å². The van der Waals surface area contributed by atoms with Gasteiger partial charge in [-0.25, -0.2) is 4.79 Å². The van der Waals surface area contributed by atoms with Crippen LogP contribution in [0.5, 0.6) is 0 Å². The largest absolute Gasteiger partial charge is 0.378 e. The van der Waals surface area contributed by atoms with Gasteiger partial charge in [-0.15, -0.1) is 0 Å². The van der Waals surface area contributed by atoms with Crippen LogP contribution >= 0.6 is 0 Å². The number of fused-ring (bicyclic) bond motifs is 1. The highest BCUT2D eigenvalue weighted by atomic mass is 16.5. The van der Waals surface area contributed by atoms with E-state index in [4.69, 9.17) is 4.74 Å². The van der Waals surface area contributed by atoms with Crippen LogP contribution in [-0.4, -0.2) is 67.2 Å². The van der Waals surface area contributed by atoms with Crippen molar-refractivity contribution in [1.82, 2.24) is 15.1 Å². The molecule has 1 aromatic rings. The number of ether oxygens (including phenoxy) is 1. The molecule has 6 heteroatoms. The Morgan fingerprint density at radius 1 is 1.00 bits per heavy atom. The minimum atomic E-state index is 0.116. The monoisotopic (exact) mass is 371 g/mol. The molecule has 6 nitrogen and oxygen atoms in total. The zero-order valence-electron chi connectivity index (χ0n) is 15.9. The molecular weight excluding hydrogens is 342 g/mol. The predicted molar refractivity (Wildman–Crippen MR) is 103 cm³/mol. The number of urea groups is 1. The molecule has 1 N–H and O–H groups in total. The maximum absolute atomic E-state index is 12.5. The number of hydrogen-bond acceptors (Lipinski definition) is 3. The highest BCUT2D eigenvalue weighted by Gasteiger charge is 2.29. The second-order valence-electron chi connectivity index (χ2n) is 7.85. The van der Waals surface area contributed by atoms with E-state index in [2.05, 4.69) is 29.6 Å². The Bertz CT molecular complexity index is 679. The molecule has 1 aliphatic carbocycles. The number of carbonyl (C=O) groups excluding carboxylic acids is 2. The number of piperidine rings is 1. The van der Waals surface area contributed by atoms with Crippen molar-refractivity contribution < 1.29 is 14.3 Å². The molecule has 0 aromatic heterocycles. The van der Waals surface area contributed by atoms with Crippen molar-refractivity contribution in [2.24, 2.45) is 0 Å². The van der Waals surface area contributed by atoms with Gasteiger partial charge in [0, 0.05) is 38.6 Å². The van der Waals surface area contributed by atoms with Crippen molar-refractivity contribution in [3.63, 3.8) is 0 Å². The lowest BCUT2D eigenvalue weighted by Gasteiger charge is -2.37. The molecule has 0 saturated carbocycles. The third-order valence-corrected chi connectivity index (χ3v) is 6.10. The summed E-state index contributed by atoms with van der Waals surface area (Å²) >= 11 is 0. The number of likely N-dealkylation sites (tertiary alicyclic amines) is 1. The van der Waals surface area contributed by atoms with Gasteiger partial charge in [0.2, 0.25) is 5.91 Å². The summed E-state index contributed by atoms with van der Waals surface area (Å²) in [7, 11) is 0. The fraction of sp³-hybridized carbons (Fsp3) is 0.619. The number of aryl methyl sites for hydroxylation is 1. The van der Waals surface area contributed by atoms with Gasteiger partial charge in [-0.05, 0) is 42.7 Å². The lowest BCUT2D eigenvalue weighted by atomic mass is 9.97. The normalized spacial score (nSPS) is 23.2. The van der Waals surface area contributed by atoms with Crippen LogP contribution in [0.2, 0.25) is 0 Å². The van der Waals surface area contributed by atoms with Gasteiger partial charge in [0.25, 0.3) is 0 Å². The molecule has 2 saturated heterocycles. The van der Waals surface area contributed by atoms with E-state index in [0.29, 0.717) is 51.7 Å². The molecule has 4 rings (SSSR count). The predicted octanol–water partition coefficient (Wildman–Crippen LogP) is 2.14. The van der Waals surface area contributed by atoms with Gasteiger partial charge < -0.3 is 19.9 Å². The van der Waals surface area contributed by atoms with Crippen LogP contribution in [0.4, 0.5) is 4.79 Å². The topological polar surface area (TPSA) is 61.9 Å². The van der Waals surface area contributed by atoms with E-state index in [-0.39, 0.29) is 18.0 Å². The number of amides is 3. The Morgan fingerprint density at radius 3 is 2.48 bits per heavy atom. The minimum absolute atomic E-state index is 0.116. The first kappa shape index (κ1) is 18.3. The molecule has 3 aliphatic rings. The minimum Gasteiger partial charge on any atom is -0.378 e. The average Bonchev–Trinajstić information content (AvgIpc) is 3.11. The number of benzene rings is 1. The Hall–Kier alpha value is -2.08. The second-order valence-corrected chi connectivity index (χ2v) is 7.85. The average molecular weight is 371 g/mol. The Morgan fingerprint density at radius 2 is 1.70 bits per heavy atom. The number of carbonyl (C=O) groups is 2. The first-order chi connectivity index (χ1) is 13.2. The van der Waals surface area contributed by atoms with E-state index >= 15 is 0 Å². The number of nitrogens with zero attached hydrogens (tertiary/aromatic N) is 2. The van der Waals surface area contributed by atoms with E-state index in [1.165, 1.54) is 11.1 Å². The smallest absolute Gasteiger partial charge is 0.320 e. The molecule has 146 valence electrons. The molecule has 0 unspecified atom stereocenters. The van der Waals surface area contributed by atoms with Gasteiger partial charge in [-0.3, -0.25) is 4.79 Å². The molecule has 2 aliphatic heterocycles. The van der Waals surface area contributed by atoms with Crippen molar-refractivity contribution in [3.05, 3.63) is 35.4 Å². The third kappa shape index (κ3) is 4.26. The molecule has 1 aromatic carbocycles. The van der Waals surface area contributed by atoms with E-state index in [9.17, 15) is 9.59 Å². The van der Waals surface area contributed by atoms with Crippen LogP contribution in [0.3, 0.4) is 0 Å². The summed E-state index contributed by atoms with van der Waals surface area (Å²) in [6.07, 6.45) is 4.39. The number of hydrogen-bond donors (Lipinski definition) is 1. The Labute approximate surface area is 160 Å². The van der Waals surface area contributed by atoms with Gasteiger partial charge in [0.15, 0.2) is 0 Å². The van der Waals surface area contributed by atoms with Gasteiger partial charge >= 0.3 is 6.03 Å². The van der Waals surface area contributed by atoms with Crippen molar-refractivity contribution in [3.8, 4) is 0 Å². The standard InChI is InChI=1S/C21H29N3O3/c25-20(15-17-6-5-16-3-1-2-4-19(16)17)22-18-7-9-23(10-8-18)21(26)24-11-13-27-14-12-24/h1-4,17-18H,5-15H2,(H,22,25)/t17-/m0/s1. The summed E-state index contributed by atoms with van der Waals surface area (Å²) < 4.78 is 5.31. The van der Waals surface area contributed by atoms with E-state index < -0.39 is 0 Å². The summed E-state index contributed by atoms with van der Waals surface area (Å²) in [6, 6.07) is 8.78. The molecule has 0 spiro atoms. The fourth-order valence-corrected chi connectivity index (χ4v) is 4.54. The lowest BCUT2D eigenvalue weighted by molar-refractivity contribution is -0.122. The zero-order valence-corrected chi connectivity index (χ0v) is 15.9. The van der Waals surface area contributed by atoms with Crippen molar-refractivity contribution in [1.29, 1.82) is 0 Å². The molecule has 1 atom stereocenters. The molecule has 2 heterocycles. The second kappa shape index (κ2) is 8.30. The summed E-state index contributed by atoms with van der Waals surface area (Å²) in [6.45, 7) is 4.04. The lowest BCUT2D eigenvalue weighted by Crippen LogP contribution is -2.52. The van der Waals surface area contributed by atoms with Gasteiger partial charge in [-0.2, -0.15) is 0 Å². The quantitative estimate of drug-likeness (QED) is 0.886. The van der Waals surface area contributed by atoms with Crippen LogP contribution in [-0.2, 0) is 16.0 Å². The number of nitrogens with one attached hydrogen (secondary N) is 1. The summed E-state index contributed by atoms with van der Waals surface area (Å²) in [5.41, 5.74) is 2.74. The van der Waals surface area contributed by atoms with Crippen LogP contribution in [0, 0.1) is 0 Å². The summed E-state index contributed by atoms with van der Waals surface area (Å²) in [5, 5.41) is 3.21. The third-order valence-electron chi connectivity index (χ3n) is 6.10. The van der Waals surface area contributed by atoms with Gasteiger partial charge in [0.05, 0.1) is 13.2 Å². The first-order valence-electron chi connectivity index (χ1n) is 10.2. The number of rotatable bonds is 3. The SMILES string of the molecule is O=C(C[C@@H]1CCc2ccccc21)NC1CCN(C(=O)N2CCOCC2)CC1. The Kier molecular flexibility index (Phi) is 5.62. The molecule has 0 bridgehead atoms. The van der Waals surface area contributed by atoms with Crippen LogP contribution in [0.25, 0.3) is 0 Å². The number of morpholine rings is 1. The van der Waals surface area contributed by atoms with Crippen molar-refractivity contribution >= 4 is 11.9 Å². The van der Waals surface area contributed by atoms with Crippen molar-refractivity contribution in [2.75, 3.05) is 39.4 Å². The molecule has 3 amide bonds. The summed E-state index contributed by atoms with van der Waals surface area (Å²) in [4.78, 5) is 28.9. The fourth-order valence-electron chi connectivity index (χ4n) is 4.54. The molecular formula is C21H29N3O3. The maximum Gasteiger partial charge on any atom is 0.320 e. The first-order valence-corrected chi connectivity index (χ1v) is 10.2. The van der Waals surface area contributed by atoms with Crippen LogP contribution in [0.15, 0.2) is 24.3 Å². The van der Waals surface area contributed by atoms with E-state index in [0.717, 1.165) is 25.7 Å². The highest BCUT2D eigenvalue weighted by Crippen LogP contribution is 2.35. The van der Waals surface area contributed by atoms with Crippen LogP contribution < -0.4 is 5.32 Å². The van der Waals surface area contributed by atoms with Crippen LogP contribution in [0.1, 0.15) is 42.7 Å². The zero-order chi connectivity index (χ0) is 18.6. The van der Waals surface area contributed by atoms with E-state index in [1.54, 1.807) is 0 Å². The highest BCUT2D eigenvalue weighted by molar-refractivity contribution is 5.78. The van der Waals surface area contributed by atoms with Crippen molar-refractivity contribution in [2.45, 2.75) is 44.1 Å². The molecule has 2 fully saturated rings. The molecule has 27 heavy (non-hydrogen) atoms. The summed E-state index contributed by atoms with van der Waals surface area (Å²) in [5.74, 6) is 0.499. The Balaban J connectivity index is 1.22. The molecule has 0 radical (unpaired) electrons. The van der Waals surface area contributed by atoms with Gasteiger partial charge in [0.1, 0.15) is 0 Å². The van der Waals surface area contributed by atoms with Gasteiger partial charge in [-0.1, -0.05) is 24.3 Å². The maximum atomic E-state index is 12.5.